The van der Waals surface area contributed by atoms with Gasteiger partial charge in [0.15, 0.2) is 0 Å². The molecular formula is C20H26N2. The van der Waals surface area contributed by atoms with E-state index in [9.17, 15) is 0 Å². The van der Waals surface area contributed by atoms with E-state index in [0.29, 0.717) is 6.04 Å². The molecule has 0 aliphatic carbocycles. The SMILES string of the molecule is c1ccc(CCCN2CCCNC(c3ccccc3)C2)cc1. The number of hydrogen-bond donors (Lipinski definition) is 1. The van der Waals surface area contributed by atoms with E-state index in [1.54, 1.807) is 0 Å². The van der Waals surface area contributed by atoms with E-state index in [-0.39, 0.29) is 0 Å². The van der Waals surface area contributed by atoms with Crippen LogP contribution >= 0.6 is 0 Å². The van der Waals surface area contributed by atoms with Gasteiger partial charge in [0.1, 0.15) is 0 Å². The molecule has 2 aromatic rings. The van der Waals surface area contributed by atoms with Crippen molar-refractivity contribution in [3.05, 3.63) is 71.8 Å². The van der Waals surface area contributed by atoms with E-state index < -0.39 is 0 Å². The molecule has 1 saturated heterocycles. The van der Waals surface area contributed by atoms with Gasteiger partial charge in [-0.3, -0.25) is 0 Å². The van der Waals surface area contributed by atoms with E-state index in [0.717, 1.165) is 13.1 Å². The normalized spacial score (nSPS) is 19.7. The smallest absolute Gasteiger partial charge is 0.0449 e. The minimum Gasteiger partial charge on any atom is -0.309 e. The summed E-state index contributed by atoms with van der Waals surface area (Å²) in [6.45, 7) is 4.65. The van der Waals surface area contributed by atoms with E-state index in [1.165, 1.54) is 43.5 Å². The summed E-state index contributed by atoms with van der Waals surface area (Å²) in [5, 5.41) is 3.69. The fourth-order valence-corrected chi connectivity index (χ4v) is 3.26. The molecule has 22 heavy (non-hydrogen) atoms. The number of rotatable bonds is 5. The molecule has 116 valence electrons. The van der Waals surface area contributed by atoms with Crippen molar-refractivity contribution >= 4 is 0 Å². The highest BCUT2D eigenvalue weighted by molar-refractivity contribution is 5.19. The Kier molecular flexibility index (Phi) is 5.63. The van der Waals surface area contributed by atoms with Gasteiger partial charge in [-0.25, -0.2) is 0 Å². The summed E-state index contributed by atoms with van der Waals surface area (Å²) in [4.78, 5) is 2.63. The molecule has 1 heterocycles. The number of aryl methyl sites for hydroxylation is 1. The van der Waals surface area contributed by atoms with Crippen molar-refractivity contribution in [2.75, 3.05) is 26.2 Å². The van der Waals surface area contributed by atoms with Gasteiger partial charge >= 0.3 is 0 Å². The van der Waals surface area contributed by atoms with Crippen LogP contribution in [0, 0.1) is 0 Å². The molecule has 1 unspecified atom stereocenters. The molecular weight excluding hydrogens is 268 g/mol. The molecule has 2 aromatic carbocycles. The van der Waals surface area contributed by atoms with Crippen LogP contribution < -0.4 is 5.32 Å². The van der Waals surface area contributed by atoms with E-state index in [2.05, 4.69) is 70.9 Å². The Morgan fingerprint density at radius 3 is 2.45 bits per heavy atom. The highest BCUT2D eigenvalue weighted by Gasteiger charge is 2.18. The van der Waals surface area contributed by atoms with Crippen molar-refractivity contribution < 1.29 is 0 Å². The van der Waals surface area contributed by atoms with Crippen LogP contribution in [0.25, 0.3) is 0 Å². The summed E-state index contributed by atoms with van der Waals surface area (Å²) in [7, 11) is 0. The Labute approximate surface area is 134 Å². The Morgan fingerprint density at radius 2 is 1.68 bits per heavy atom. The summed E-state index contributed by atoms with van der Waals surface area (Å²) in [6.07, 6.45) is 3.67. The highest BCUT2D eigenvalue weighted by Crippen LogP contribution is 2.17. The standard InChI is InChI=1S/C20H26N2/c1-3-9-18(10-4-1)11-7-15-22-16-8-14-21-20(17-22)19-12-5-2-6-13-19/h1-6,9-10,12-13,20-21H,7-8,11,14-17H2. The molecule has 1 aliphatic rings. The minimum atomic E-state index is 0.473. The van der Waals surface area contributed by atoms with Crippen molar-refractivity contribution in [3.8, 4) is 0 Å². The van der Waals surface area contributed by atoms with Gasteiger partial charge in [-0.1, -0.05) is 60.7 Å². The molecule has 0 amide bonds. The Bertz CT molecular complexity index is 538. The summed E-state index contributed by atoms with van der Waals surface area (Å²) in [5.74, 6) is 0. The van der Waals surface area contributed by atoms with Crippen molar-refractivity contribution in [2.45, 2.75) is 25.3 Å². The predicted molar refractivity (Wildman–Crippen MR) is 93.0 cm³/mol. The van der Waals surface area contributed by atoms with E-state index in [1.807, 2.05) is 0 Å². The molecule has 1 aliphatic heterocycles. The zero-order valence-electron chi connectivity index (χ0n) is 13.2. The minimum absolute atomic E-state index is 0.473. The van der Waals surface area contributed by atoms with Crippen LogP contribution in [0.5, 0.6) is 0 Å². The first kappa shape index (κ1) is 15.3. The third kappa shape index (κ3) is 4.43. The Hall–Kier alpha value is -1.64. The zero-order chi connectivity index (χ0) is 15.0. The first-order valence-electron chi connectivity index (χ1n) is 8.46. The maximum atomic E-state index is 3.69. The van der Waals surface area contributed by atoms with Crippen molar-refractivity contribution in [2.24, 2.45) is 0 Å². The summed E-state index contributed by atoms with van der Waals surface area (Å²) in [5.41, 5.74) is 2.87. The fraction of sp³-hybridized carbons (Fsp3) is 0.400. The Morgan fingerprint density at radius 1 is 0.955 bits per heavy atom. The first-order valence-corrected chi connectivity index (χ1v) is 8.46. The van der Waals surface area contributed by atoms with Gasteiger partial charge in [0.05, 0.1) is 0 Å². The molecule has 0 aromatic heterocycles. The topological polar surface area (TPSA) is 15.3 Å². The van der Waals surface area contributed by atoms with Crippen LogP contribution in [0.4, 0.5) is 0 Å². The van der Waals surface area contributed by atoms with Gasteiger partial charge in [0, 0.05) is 12.6 Å². The third-order valence-electron chi connectivity index (χ3n) is 4.47. The van der Waals surface area contributed by atoms with Crippen LogP contribution in [0.2, 0.25) is 0 Å². The van der Waals surface area contributed by atoms with Gasteiger partial charge in [-0.15, -0.1) is 0 Å². The molecule has 1 N–H and O–H groups in total. The molecule has 0 saturated carbocycles. The second kappa shape index (κ2) is 8.11. The maximum Gasteiger partial charge on any atom is 0.0449 e. The molecule has 0 radical (unpaired) electrons. The van der Waals surface area contributed by atoms with Gasteiger partial charge in [0.25, 0.3) is 0 Å². The lowest BCUT2D eigenvalue weighted by Crippen LogP contribution is -2.32. The quantitative estimate of drug-likeness (QED) is 0.905. The third-order valence-corrected chi connectivity index (χ3v) is 4.47. The summed E-state index contributed by atoms with van der Waals surface area (Å²) >= 11 is 0. The molecule has 2 nitrogen and oxygen atoms in total. The molecule has 3 rings (SSSR count). The highest BCUT2D eigenvalue weighted by atomic mass is 15.2. The first-order chi connectivity index (χ1) is 10.9. The van der Waals surface area contributed by atoms with Crippen molar-refractivity contribution in [3.63, 3.8) is 0 Å². The Balaban J connectivity index is 1.52. The number of benzene rings is 2. The van der Waals surface area contributed by atoms with Crippen LogP contribution in [0.15, 0.2) is 60.7 Å². The lowest BCUT2D eigenvalue weighted by Gasteiger charge is -2.24. The number of nitrogens with zero attached hydrogens (tertiary/aromatic N) is 1. The fourth-order valence-electron chi connectivity index (χ4n) is 3.26. The van der Waals surface area contributed by atoms with Crippen molar-refractivity contribution in [1.29, 1.82) is 0 Å². The average Bonchev–Trinajstić information content (AvgIpc) is 2.82. The predicted octanol–water partition coefficient (Wildman–Crippen LogP) is 3.66. The monoisotopic (exact) mass is 294 g/mol. The van der Waals surface area contributed by atoms with Crippen LogP contribution in [0.1, 0.15) is 30.0 Å². The van der Waals surface area contributed by atoms with Crippen molar-refractivity contribution in [1.82, 2.24) is 10.2 Å². The molecule has 0 spiro atoms. The molecule has 1 fully saturated rings. The maximum absolute atomic E-state index is 3.69. The molecule has 2 heteroatoms. The summed E-state index contributed by atoms with van der Waals surface area (Å²) < 4.78 is 0. The van der Waals surface area contributed by atoms with Crippen LogP contribution in [-0.2, 0) is 6.42 Å². The van der Waals surface area contributed by atoms with E-state index in [4.69, 9.17) is 0 Å². The second-order valence-corrected chi connectivity index (χ2v) is 6.16. The zero-order valence-corrected chi connectivity index (χ0v) is 13.2. The van der Waals surface area contributed by atoms with Gasteiger partial charge in [-0.2, -0.15) is 0 Å². The van der Waals surface area contributed by atoms with Gasteiger partial charge in [-0.05, 0) is 50.0 Å². The number of nitrogens with one attached hydrogen (secondary N) is 1. The average molecular weight is 294 g/mol. The van der Waals surface area contributed by atoms with E-state index >= 15 is 0 Å². The van der Waals surface area contributed by atoms with Crippen LogP contribution in [0.3, 0.4) is 0 Å². The van der Waals surface area contributed by atoms with Crippen LogP contribution in [-0.4, -0.2) is 31.1 Å². The molecule has 0 bridgehead atoms. The van der Waals surface area contributed by atoms with Gasteiger partial charge < -0.3 is 10.2 Å². The second-order valence-electron chi connectivity index (χ2n) is 6.16. The summed E-state index contributed by atoms with van der Waals surface area (Å²) in [6, 6.07) is 22.2. The number of hydrogen-bond acceptors (Lipinski definition) is 2. The largest absolute Gasteiger partial charge is 0.309 e. The molecule has 1 atom stereocenters. The lowest BCUT2D eigenvalue weighted by atomic mass is 10.1. The van der Waals surface area contributed by atoms with Gasteiger partial charge in [0.2, 0.25) is 0 Å². The lowest BCUT2D eigenvalue weighted by molar-refractivity contribution is 0.266.